The number of alkyl halides is 2. The first-order valence-electron chi connectivity index (χ1n) is 5.67. The molecule has 0 aromatic carbocycles. The number of nitrogens with one attached hydrogen (secondary N) is 1. The van der Waals surface area contributed by atoms with E-state index < -0.39 is 42.3 Å². The Labute approximate surface area is 109 Å². The van der Waals surface area contributed by atoms with Gasteiger partial charge in [-0.1, -0.05) is 6.92 Å². The Morgan fingerprint density at radius 2 is 1.89 bits per heavy atom. The number of carboxylic acid groups (broad SMARTS) is 1. The summed E-state index contributed by atoms with van der Waals surface area (Å²) in [5.74, 6) is -4.19. The Balaban J connectivity index is 5.36. The molecule has 19 heavy (non-hydrogen) atoms. The van der Waals surface area contributed by atoms with Gasteiger partial charge in [-0.3, -0.25) is 4.79 Å². The van der Waals surface area contributed by atoms with Gasteiger partial charge in [0.1, 0.15) is 0 Å². The van der Waals surface area contributed by atoms with Crippen molar-refractivity contribution in [2.45, 2.75) is 51.7 Å². The molecule has 0 heterocycles. The van der Waals surface area contributed by atoms with Crippen LogP contribution in [0, 0.1) is 0 Å². The third kappa shape index (κ3) is 4.80. The van der Waals surface area contributed by atoms with E-state index in [1.807, 2.05) is 0 Å². The van der Waals surface area contributed by atoms with Crippen molar-refractivity contribution in [3.8, 4) is 0 Å². The van der Waals surface area contributed by atoms with E-state index in [9.17, 15) is 23.2 Å². The zero-order valence-corrected chi connectivity index (χ0v) is 10.9. The van der Waals surface area contributed by atoms with Gasteiger partial charge in [0.2, 0.25) is 17.9 Å². The van der Waals surface area contributed by atoms with Crippen molar-refractivity contribution >= 4 is 17.8 Å². The molecule has 1 amide bonds. The lowest BCUT2D eigenvalue weighted by Crippen LogP contribution is -2.61. The zero-order chi connectivity index (χ0) is 15.2. The second kappa shape index (κ2) is 7.01. The highest BCUT2D eigenvalue weighted by Crippen LogP contribution is 2.20. The largest absolute Gasteiger partial charge is 0.479 e. The van der Waals surface area contributed by atoms with Crippen LogP contribution in [0.25, 0.3) is 0 Å². The lowest BCUT2D eigenvalue weighted by Gasteiger charge is -2.28. The minimum absolute atomic E-state index is 0.385. The van der Waals surface area contributed by atoms with Crippen molar-refractivity contribution in [3.63, 3.8) is 0 Å². The van der Waals surface area contributed by atoms with E-state index in [-0.39, 0.29) is 0 Å². The smallest absolute Gasteiger partial charge is 0.344 e. The van der Waals surface area contributed by atoms with Crippen LogP contribution in [-0.2, 0) is 19.1 Å². The van der Waals surface area contributed by atoms with Crippen molar-refractivity contribution in [2.75, 3.05) is 0 Å². The number of ether oxygens (including phenoxy) is 1. The first kappa shape index (κ1) is 17.3. The van der Waals surface area contributed by atoms with Crippen molar-refractivity contribution in [1.29, 1.82) is 0 Å². The van der Waals surface area contributed by atoms with Crippen molar-refractivity contribution in [3.05, 3.63) is 0 Å². The van der Waals surface area contributed by atoms with E-state index >= 15 is 0 Å². The number of esters is 1. The summed E-state index contributed by atoms with van der Waals surface area (Å²) < 4.78 is 29.8. The number of rotatable bonds is 7. The van der Waals surface area contributed by atoms with Crippen molar-refractivity contribution in [1.82, 2.24) is 5.32 Å². The maximum Gasteiger partial charge on any atom is 0.344 e. The van der Waals surface area contributed by atoms with E-state index in [4.69, 9.17) is 9.84 Å². The Hall–Kier alpha value is -1.73. The fourth-order valence-corrected chi connectivity index (χ4v) is 1.31. The van der Waals surface area contributed by atoms with Crippen LogP contribution in [0.4, 0.5) is 8.78 Å². The molecule has 2 N–H and O–H groups in total. The average Bonchev–Trinajstić information content (AvgIpc) is 2.25. The maximum absolute atomic E-state index is 12.5. The van der Waals surface area contributed by atoms with E-state index in [1.54, 1.807) is 12.2 Å². The van der Waals surface area contributed by atoms with E-state index in [1.165, 1.54) is 6.92 Å². The van der Waals surface area contributed by atoms with Crippen LogP contribution in [-0.4, -0.2) is 41.0 Å². The standard InChI is InChI=1S/C11H17F2NO5/c1-4-6(2)19-10(18)11(9(16)17,5-8(12)13)14-7(3)15/h6,8H,4-5H2,1-3H3,(H,14,15)(H,16,17). The van der Waals surface area contributed by atoms with Crippen LogP contribution >= 0.6 is 0 Å². The molecule has 0 aliphatic carbocycles. The summed E-state index contributed by atoms with van der Waals surface area (Å²) in [7, 11) is 0. The molecule has 0 aliphatic heterocycles. The molecule has 0 rings (SSSR count). The summed E-state index contributed by atoms with van der Waals surface area (Å²) in [5.41, 5.74) is -2.76. The molecule has 6 nitrogen and oxygen atoms in total. The highest BCUT2D eigenvalue weighted by molar-refractivity contribution is 6.07. The number of carbonyl (C=O) groups excluding carboxylic acids is 2. The van der Waals surface area contributed by atoms with Gasteiger partial charge in [0, 0.05) is 6.92 Å². The number of carbonyl (C=O) groups is 3. The molecule has 2 atom stereocenters. The molecular weight excluding hydrogens is 264 g/mol. The molecular formula is C11H17F2NO5. The molecule has 0 aromatic rings. The number of hydrogen-bond donors (Lipinski definition) is 2. The van der Waals surface area contributed by atoms with Crippen LogP contribution in [0.5, 0.6) is 0 Å². The molecule has 110 valence electrons. The lowest BCUT2D eigenvalue weighted by molar-refractivity contribution is -0.170. The Morgan fingerprint density at radius 3 is 2.21 bits per heavy atom. The Kier molecular flexibility index (Phi) is 6.37. The maximum atomic E-state index is 12.5. The molecule has 0 fully saturated rings. The van der Waals surface area contributed by atoms with Crippen LogP contribution in [0.15, 0.2) is 0 Å². The molecule has 0 bridgehead atoms. The molecule has 0 aliphatic rings. The quantitative estimate of drug-likeness (QED) is 0.535. The minimum Gasteiger partial charge on any atom is -0.479 e. The Bertz CT molecular complexity index is 361. The summed E-state index contributed by atoms with van der Waals surface area (Å²) >= 11 is 0. The first-order chi connectivity index (χ1) is 8.65. The van der Waals surface area contributed by atoms with Gasteiger partial charge >= 0.3 is 11.9 Å². The highest BCUT2D eigenvalue weighted by atomic mass is 19.3. The van der Waals surface area contributed by atoms with Crippen LogP contribution in [0.3, 0.4) is 0 Å². The molecule has 8 heteroatoms. The number of aliphatic carboxylic acids is 1. The van der Waals surface area contributed by atoms with Gasteiger partial charge in [-0.25, -0.2) is 18.4 Å². The number of halogens is 2. The monoisotopic (exact) mass is 281 g/mol. The van der Waals surface area contributed by atoms with E-state index in [0.29, 0.717) is 6.42 Å². The predicted molar refractivity (Wildman–Crippen MR) is 60.6 cm³/mol. The fourth-order valence-electron chi connectivity index (χ4n) is 1.31. The first-order valence-corrected chi connectivity index (χ1v) is 5.67. The summed E-state index contributed by atoms with van der Waals surface area (Å²) in [4.78, 5) is 33.9. The van der Waals surface area contributed by atoms with Crippen LogP contribution in [0.1, 0.15) is 33.6 Å². The zero-order valence-electron chi connectivity index (χ0n) is 10.9. The summed E-state index contributed by atoms with van der Waals surface area (Å²) in [6.07, 6.45) is -4.70. The molecule has 0 radical (unpaired) electrons. The van der Waals surface area contributed by atoms with Crippen molar-refractivity contribution < 1.29 is 33.0 Å². The number of carboxylic acids is 1. The molecule has 0 aromatic heterocycles. The van der Waals surface area contributed by atoms with E-state index in [2.05, 4.69) is 0 Å². The third-order valence-corrected chi connectivity index (χ3v) is 2.45. The van der Waals surface area contributed by atoms with Gasteiger partial charge in [0.25, 0.3) is 0 Å². The van der Waals surface area contributed by atoms with Gasteiger partial charge < -0.3 is 15.2 Å². The van der Waals surface area contributed by atoms with Crippen LogP contribution < -0.4 is 5.32 Å². The summed E-state index contributed by atoms with van der Waals surface area (Å²) in [6, 6.07) is 0. The fraction of sp³-hybridized carbons (Fsp3) is 0.727. The van der Waals surface area contributed by atoms with Gasteiger partial charge in [0.05, 0.1) is 12.5 Å². The third-order valence-electron chi connectivity index (χ3n) is 2.45. The van der Waals surface area contributed by atoms with Crippen molar-refractivity contribution in [2.24, 2.45) is 0 Å². The average molecular weight is 281 g/mol. The van der Waals surface area contributed by atoms with Gasteiger partial charge in [0.15, 0.2) is 0 Å². The van der Waals surface area contributed by atoms with Gasteiger partial charge in [-0.2, -0.15) is 0 Å². The topological polar surface area (TPSA) is 92.7 Å². The van der Waals surface area contributed by atoms with Gasteiger partial charge in [-0.15, -0.1) is 0 Å². The lowest BCUT2D eigenvalue weighted by atomic mass is 9.95. The SMILES string of the molecule is CCC(C)OC(=O)C(CC(F)F)(NC(C)=O)C(=O)O. The Morgan fingerprint density at radius 1 is 1.37 bits per heavy atom. The molecule has 0 spiro atoms. The van der Waals surface area contributed by atoms with E-state index in [0.717, 1.165) is 6.92 Å². The summed E-state index contributed by atoms with van der Waals surface area (Å²) in [6.45, 7) is 4.09. The number of amides is 1. The second-order valence-electron chi connectivity index (χ2n) is 4.11. The molecule has 2 unspecified atom stereocenters. The molecule has 0 saturated carbocycles. The van der Waals surface area contributed by atoms with Gasteiger partial charge in [-0.05, 0) is 13.3 Å². The summed E-state index contributed by atoms with van der Waals surface area (Å²) in [5, 5.41) is 10.8. The predicted octanol–water partition coefficient (Wildman–Crippen LogP) is 0.943. The van der Waals surface area contributed by atoms with Crippen LogP contribution in [0.2, 0.25) is 0 Å². The normalized spacial score (nSPS) is 15.5. The highest BCUT2D eigenvalue weighted by Gasteiger charge is 2.51. The minimum atomic E-state index is -3.09. The molecule has 0 saturated heterocycles. The number of hydrogen-bond acceptors (Lipinski definition) is 4. The second-order valence-corrected chi connectivity index (χ2v) is 4.11.